The van der Waals surface area contributed by atoms with Crippen LogP contribution in [0.25, 0.3) is 0 Å². The second-order valence-corrected chi connectivity index (χ2v) is 9.38. The first kappa shape index (κ1) is 30.3. The van der Waals surface area contributed by atoms with Crippen LogP contribution in [-0.4, -0.2) is 57.8 Å². The molecule has 0 aliphatic heterocycles. The fraction of sp³-hybridized carbons (Fsp3) is 0.875. The Hall–Kier alpha value is -1.67. The number of aliphatic carboxylic acids is 2. The Morgan fingerprint density at radius 1 is 0.844 bits per heavy atom. The minimum absolute atomic E-state index is 0.101. The highest BCUT2D eigenvalue weighted by Crippen LogP contribution is 2.18. The largest absolute Gasteiger partial charge is 0.481 e. The van der Waals surface area contributed by atoms with Gasteiger partial charge in [0.05, 0.1) is 6.04 Å². The van der Waals surface area contributed by atoms with E-state index in [0.717, 1.165) is 45.1 Å². The third-order valence-electron chi connectivity index (χ3n) is 6.71. The molecule has 0 saturated heterocycles. The Balaban J connectivity index is 4.90. The monoisotopic (exact) mass is 457 g/mol. The van der Waals surface area contributed by atoms with E-state index in [1.165, 1.54) is 0 Å². The van der Waals surface area contributed by atoms with Crippen LogP contribution >= 0.6 is 0 Å². The molecule has 0 fully saturated rings. The van der Waals surface area contributed by atoms with E-state index in [2.05, 4.69) is 36.7 Å². The fourth-order valence-electron chi connectivity index (χ4n) is 3.75. The third-order valence-corrected chi connectivity index (χ3v) is 6.71. The molecule has 0 radical (unpaired) electrons. The van der Waals surface area contributed by atoms with Crippen LogP contribution in [0.3, 0.4) is 0 Å². The van der Waals surface area contributed by atoms with Crippen LogP contribution in [0, 0.1) is 0 Å². The fourth-order valence-corrected chi connectivity index (χ4v) is 3.75. The molecule has 0 spiro atoms. The molecule has 0 heterocycles. The number of hydrogen-bond donors (Lipinski definition) is 5. The number of nitrogens with one attached hydrogen (secondary N) is 3. The van der Waals surface area contributed by atoms with E-state index in [-0.39, 0.29) is 23.9 Å². The molecule has 1 amide bonds. The SMILES string of the molecule is CCCC(C)(CC)NCCCC[C@H](NC(=O)[C@H](CCC(=O)O)NC(C)(CC)CC)C(=O)O. The zero-order valence-electron chi connectivity index (χ0n) is 21.1. The van der Waals surface area contributed by atoms with Gasteiger partial charge in [0.25, 0.3) is 0 Å². The van der Waals surface area contributed by atoms with Crippen LogP contribution in [0.4, 0.5) is 0 Å². The highest BCUT2D eigenvalue weighted by Gasteiger charge is 2.30. The van der Waals surface area contributed by atoms with Gasteiger partial charge in [0, 0.05) is 17.5 Å². The Morgan fingerprint density at radius 2 is 1.44 bits per heavy atom. The molecule has 8 heteroatoms. The Bertz CT molecular complexity index is 580. The molecule has 3 atom stereocenters. The minimum atomic E-state index is -1.07. The van der Waals surface area contributed by atoms with Gasteiger partial charge >= 0.3 is 11.9 Å². The van der Waals surface area contributed by atoms with Crippen LogP contribution in [0.5, 0.6) is 0 Å². The van der Waals surface area contributed by atoms with Crippen LogP contribution < -0.4 is 16.0 Å². The molecule has 8 nitrogen and oxygen atoms in total. The maximum atomic E-state index is 12.9. The van der Waals surface area contributed by atoms with Gasteiger partial charge in [-0.3, -0.25) is 9.59 Å². The van der Waals surface area contributed by atoms with E-state index in [0.29, 0.717) is 12.8 Å². The number of carboxylic acids is 2. The second-order valence-electron chi connectivity index (χ2n) is 9.38. The summed E-state index contributed by atoms with van der Waals surface area (Å²) in [5.41, 5.74) is -0.223. The zero-order chi connectivity index (χ0) is 24.8. The molecular formula is C24H47N3O5. The summed E-state index contributed by atoms with van der Waals surface area (Å²) < 4.78 is 0. The number of carboxylic acid groups (broad SMARTS) is 2. The van der Waals surface area contributed by atoms with Crippen molar-refractivity contribution in [1.29, 1.82) is 0 Å². The molecule has 0 aromatic heterocycles. The molecule has 0 saturated carbocycles. The summed E-state index contributed by atoms with van der Waals surface area (Å²) in [7, 11) is 0. The van der Waals surface area contributed by atoms with Gasteiger partial charge in [0.1, 0.15) is 6.04 Å². The van der Waals surface area contributed by atoms with Crippen molar-refractivity contribution >= 4 is 17.8 Å². The summed E-state index contributed by atoms with van der Waals surface area (Å²) in [5.74, 6) is -2.50. The maximum absolute atomic E-state index is 12.9. The Morgan fingerprint density at radius 3 is 1.91 bits per heavy atom. The van der Waals surface area contributed by atoms with Crippen molar-refractivity contribution in [2.75, 3.05) is 6.54 Å². The highest BCUT2D eigenvalue weighted by molar-refractivity contribution is 5.87. The molecule has 0 bridgehead atoms. The van der Waals surface area contributed by atoms with Crippen molar-refractivity contribution in [2.24, 2.45) is 0 Å². The molecule has 1 unspecified atom stereocenters. The normalized spacial score (nSPS) is 15.6. The smallest absolute Gasteiger partial charge is 0.326 e. The van der Waals surface area contributed by atoms with E-state index in [4.69, 9.17) is 5.11 Å². The van der Waals surface area contributed by atoms with Gasteiger partial charge in [-0.1, -0.05) is 34.1 Å². The van der Waals surface area contributed by atoms with Crippen molar-refractivity contribution in [3.05, 3.63) is 0 Å². The van der Waals surface area contributed by atoms with Crippen molar-refractivity contribution in [3.63, 3.8) is 0 Å². The van der Waals surface area contributed by atoms with Gasteiger partial charge in [-0.2, -0.15) is 0 Å². The van der Waals surface area contributed by atoms with Crippen LogP contribution in [0.1, 0.15) is 106 Å². The van der Waals surface area contributed by atoms with E-state index in [1.807, 2.05) is 20.8 Å². The van der Waals surface area contributed by atoms with Gasteiger partial charge in [-0.25, -0.2) is 4.79 Å². The third kappa shape index (κ3) is 11.8. The lowest BCUT2D eigenvalue weighted by atomic mass is 9.93. The average Bonchev–Trinajstić information content (AvgIpc) is 2.75. The summed E-state index contributed by atoms with van der Waals surface area (Å²) in [6.07, 6.45) is 6.56. The molecule has 5 N–H and O–H groups in total. The summed E-state index contributed by atoms with van der Waals surface area (Å²) >= 11 is 0. The van der Waals surface area contributed by atoms with Crippen molar-refractivity contribution in [1.82, 2.24) is 16.0 Å². The molecule has 0 aromatic carbocycles. The topological polar surface area (TPSA) is 128 Å². The number of carbonyl (C=O) groups excluding carboxylic acids is 1. The van der Waals surface area contributed by atoms with Crippen LogP contribution in [0.15, 0.2) is 0 Å². The van der Waals surface area contributed by atoms with Gasteiger partial charge in [0.2, 0.25) is 5.91 Å². The summed E-state index contributed by atoms with van der Waals surface area (Å²) in [6.45, 7) is 13.3. The van der Waals surface area contributed by atoms with Gasteiger partial charge in [-0.15, -0.1) is 0 Å². The second kappa shape index (κ2) is 15.2. The quantitative estimate of drug-likeness (QED) is 0.187. The Labute approximate surface area is 194 Å². The predicted octanol–water partition coefficient (Wildman–Crippen LogP) is 3.69. The lowest BCUT2D eigenvalue weighted by molar-refractivity contribution is -0.143. The molecule has 0 rings (SSSR count). The predicted molar refractivity (Wildman–Crippen MR) is 128 cm³/mol. The summed E-state index contributed by atoms with van der Waals surface area (Å²) in [5, 5.41) is 28.1. The zero-order valence-corrected chi connectivity index (χ0v) is 21.1. The molecule has 32 heavy (non-hydrogen) atoms. The van der Waals surface area contributed by atoms with E-state index >= 15 is 0 Å². The van der Waals surface area contributed by atoms with Gasteiger partial charge < -0.3 is 26.2 Å². The maximum Gasteiger partial charge on any atom is 0.326 e. The number of unbranched alkanes of at least 4 members (excludes halogenated alkanes) is 1. The van der Waals surface area contributed by atoms with Crippen molar-refractivity contribution in [3.8, 4) is 0 Å². The number of hydrogen-bond acceptors (Lipinski definition) is 5. The molecular weight excluding hydrogens is 410 g/mol. The summed E-state index contributed by atoms with van der Waals surface area (Å²) in [6, 6.07) is -1.74. The minimum Gasteiger partial charge on any atom is -0.481 e. The number of carbonyl (C=O) groups is 3. The van der Waals surface area contributed by atoms with Crippen molar-refractivity contribution < 1.29 is 24.6 Å². The Kier molecular flexibility index (Phi) is 14.4. The number of amides is 1. The van der Waals surface area contributed by atoms with Gasteiger partial charge in [0.15, 0.2) is 0 Å². The van der Waals surface area contributed by atoms with E-state index < -0.39 is 29.9 Å². The lowest BCUT2D eigenvalue weighted by Crippen LogP contribution is -2.56. The molecule has 0 aromatic rings. The first-order chi connectivity index (χ1) is 15.0. The van der Waals surface area contributed by atoms with Crippen LogP contribution in [-0.2, 0) is 14.4 Å². The molecule has 0 aliphatic rings. The molecule has 188 valence electrons. The lowest BCUT2D eigenvalue weighted by Gasteiger charge is -2.33. The summed E-state index contributed by atoms with van der Waals surface area (Å²) in [4.78, 5) is 35.6. The van der Waals surface area contributed by atoms with Gasteiger partial charge in [-0.05, 0) is 71.8 Å². The van der Waals surface area contributed by atoms with E-state index in [9.17, 15) is 19.5 Å². The number of rotatable bonds is 19. The molecule has 0 aliphatic carbocycles. The first-order valence-electron chi connectivity index (χ1n) is 12.2. The van der Waals surface area contributed by atoms with Crippen LogP contribution in [0.2, 0.25) is 0 Å². The highest BCUT2D eigenvalue weighted by atomic mass is 16.4. The standard InChI is InChI=1S/C24H47N3O5/c1-7-16-24(6,10-4)25-17-12-11-13-19(22(31)32)26-21(30)18(14-15-20(28)29)27-23(5,8-2)9-3/h18-19,25,27H,7-17H2,1-6H3,(H,26,30)(H,28,29)(H,31,32)/t18-,19-,24?/m0/s1. The van der Waals surface area contributed by atoms with Crippen molar-refractivity contribution in [2.45, 2.75) is 129 Å². The van der Waals surface area contributed by atoms with E-state index in [1.54, 1.807) is 0 Å². The first-order valence-corrected chi connectivity index (χ1v) is 12.2. The average molecular weight is 458 g/mol.